The van der Waals surface area contributed by atoms with Crippen molar-refractivity contribution >= 4 is 33.2 Å². The maximum atomic E-state index is 6.59. The highest BCUT2D eigenvalue weighted by Crippen LogP contribution is 2.47. The number of fused-ring (bicyclic) bond motifs is 3. The van der Waals surface area contributed by atoms with E-state index in [2.05, 4.69) is 9.97 Å². The fourth-order valence-electron chi connectivity index (χ4n) is 4.74. The summed E-state index contributed by atoms with van der Waals surface area (Å²) >= 11 is 8.15. The Hall–Kier alpha value is -2.44. The molecular weight excluding hydrogens is 404 g/mol. The van der Waals surface area contributed by atoms with Crippen LogP contribution in [0.3, 0.4) is 0 Å². The van der Waals surface area contributed by atoms with Crippen LogP contribution in [0.4, 0.5) is 0 Å². The Bertz CT molecular complexity index is 1260. The van der Waals surface area contributed by atoms with Gasteiger partial charge in [-0.25, -0.2) is 9.97 Å². The highest BCUT2D eigenvalue weighted by atomic mass is 35.5. The first-order valence-corrected chi connectivity index (χ1v) is 11.2. The van der Waals surface area contributed by atoms with Crippen molar-refractivity contribution in [3.8, 4) is 17.0 Å². The smallest absolute Gasteiger partial charge is 0.145 e. The van der Waals surface area contributed by atoms with E-state index >= 15 is 0 Å². The molecule has 29 heavy (non-hydrogen) atoms. The second kappa shape index (κ2) is 6.54. The Labute approximate surface area is 177 Å². The Morgan fingerprint density at radius 3 is 3.03 bits per heavy atom. The summed E-state index contributed by atoms with van der Waals surface area (Å²) in [4.78, 5) is 8.96. The van der Waals surface area contributed by atoms with Crippen LogP contribution in [0.1, 0.15) is 41.5 Å². The number of ether oxygens (including phenoxy) is 1. The molecule has 1 aliphatic heterocycles. The molecule has 0 unspecified atom stereocenters. The van der Waals surface area contributed by atoms with Crippen molar-refractivity contribution in [3.05, 3.63) is 57.4 Å². The second-order valence-electron chi connectivity index (χ2n) is 7.75. The summed E-state index contributed by atoms with van der Waals surface area (Å²) in [5.41, 5.74) is 7.74. The van der Waals surface area contributed by atoms with E-state index in [9.17, 15) is 0 Å². The van der Waals surface area contributed by atoms with Crippen LogP contribution in [0, 0.1) is 0 Å². The molecule has 146 valence electrons. The number of aromatic nitrogens is 4. The molecule has 0 saturated carbocycles. The lowest BCUT2D eigenvalue weighted by atomic mass is 9.93. The van der Waals surface area contributed by atoms with Gasteiger partial charge in [-0.3, -0.25) is 4.68 Å². The van der Waals surface area contributed by atoms with Crippen molar-refractivity contribution in [1.82, 2.24) is 19.7 Å². The van der Waals surface area contributed by atoms with Crippen molar-refractivity contribution in [1.29, 1.82) is 0 Å². The van der Waals surface area contributed by atoms with Crippen molar-refractivity contribution in [3.63, 3.8) is 0 Å². The number of aryl methyl sites for hydroxylation is 2. The third-order valence-corrected chi connectivity index (χ3v) is 7.10. The average Bonchev–Trinajstić information content (AvgIpc) is 3.42. The number of nitrogens with zero attached hydrogens (tertiary/aromatic N) is 4. The molecule has 4 aromatic rings. The van der Waals surface area contributed by atoms with Crippen LogP contribution >= 0.6 is 22.9 Å². The summed E-state index contributed by atoms with van der Waals surface area (Å²) in [6, 6.07) is 6.00. The summed E-state index contributed by atoms with van der Waals surface area (Å²) in [6.07, 6.45) is 6.97. The normalized spacial score (nSPS) is 17.9. The van der Waals surface area contributed by atoms with Crippen LogP contribution in [-0.4, -0.2) is 19.7 Å². The van der Waals surface area contributed by atoms with Gasteiger partial charge in [0, 0.05) is 35.2 Å². The summed E-state index contributed by atoms with van der Waals surface area (Å²) in [7, 11) is 2.04. The zero-order valence-corrected chi connectivity index (χ0v) is 17.6. The van der Waals surface area contributed by atoms with Crippen LogP contribution < -0.4 is 4.74 Å². The molecule has 4 heterocycles. The molecule has 2 aliphatic rings. The minimum Gasteiger partial charge on any atom is -0.483 e. The van der Waals surface area contributed by atoms with Gasteiger partial charge < -0.3 is 4.74 Å². The van der Waals surface area contributed by atoms with Gasteiger partial charge in [0.25, 0.3) is 0 Å². The van der Waals surface area contributed by atoms with Crippen molar-refractivity contribution in [2.24, 2.45) is 7.05 Å². The van der Waals surface area contributed by atoms with Gasteiger partial charge in [-0.05, 0) is 49.3 Å². The highest BCUT2D eigenvalue weighted by molar-refractivity contribution is 7.17. The van der Waals surface area contributed by atoms with Crippen molar-refractivity contribution in [2.75, 3.05) is 0 Å². The average molecular weight is 423 g/mol. The van der Waals surface area contributed by atoms with Crippen LogP contribution in [0.2, 0.25) is 5.02 Å². The number of hydrogen-bond acceptors (Lipinski definition) is 5. The minimum absolute atomic E-state index is 0.0396. The van der Waals surface area contributed by atoms with Crippen LogP contribution in [0.25, 0.3) is 21.5 Å². The SMILES string of the molecule is Cn1nc2c(c1[C@H]1Cc3cc(Cl)cc(-c4ncnc5ccsc45)c3O1)CCCC2. The van der Waals surface area contributed by atoms with Crippen LogP contribution in [-0.2, 0) is 26.3 Å². The van der Waals surface area contributed by atoms with Gasteiger partial charge in [-0.2, -0.15) is 5.10 Å². The number of thiophene rings is 1. The number of rotatable bonds is 2. The fraction of sp³-hybridized carbons (Fsp3) is 0.318. The van der Waals surface area contributed by atoms with Crippen LogP contribution in [0.5, 0.6) is 5.75 Å². The first kappa shape index (κ1) is 17.4. The summed E-state index contributed by atoms with van der Waals surface area (Å²) in [5, 5.41) is 7.53. The largest absolute Gasteiger partial charge is 0.483 e. The zero-order chi connectivity index (χ0) is 19.5. The third-order valence-electron chi connectivity index (χ3n) is 5.97. The van der Waals surface area contributed by atoms with E-state index in [4.69, 9.17) is 21.4 Å². The van der Waals surface area contributed by atoms with E-state index in [0.29, 0.717) is 5.02 Å². The predicted octanol–water partition coefficient (Wildman–Crippen LogP) is 5.30. The Morgan fingerprint density at radius 1 is 1.21 bits per heavy atom. The molecule has 0 saturated heterocycles. The van der Waals surface area contributed by atoms with Crippen molar-refractivity contribution < 1.29 is 4.74 Å². The monoisotopic (exact) mass is 422 g/mol. The molecule has 1 aromatic carbocycles. The van der Waals surface area contributed by atoms with Gasteiger partial charge in [0.2, 0.25) is 0 Å². The first-order chi connectivity index (χ1) is 14.2. The molecule has 0 fully saturated rings. The van der Waals surface area contributed by atoms with Gasteiger partial charge in [0.15, 0.2) is 0 Å². The van der Waals surface area contributed by atoms with Gasteiger partial charge in [0.1, 0.15) is 18.2 Å². The molecule has 0 spiro atoms. The Morgan fingerprint density at radius 2 is 2.10 bits per heavy atom. The van der Waals surface area contributed by atoms with Crippen molar-refractivity contribution in [2.45, 2.75) is 38.2 Å². The highest BCUT2D eigenvalue weighted by Gasteiger charge is 2.34. The van der Waals surface area contributed by atoms with E-state index < -0.39 is 0 Å². The molecule has 5 nitrogen and oxygen atoms in total. The van der Waals surface area contributed by atoms with Crippen LogP contribution in [0.15, 0.2) is 29.9 Å². The molecule has 0 bridgehead atoms. The number of hydrogen-bond donors (Lipinski definition) is 0. The van der Waals surface area contributed by atoms with E-state index in [1.807, 2.05) is 35.3 Å². The molecule has 0 N–H and O–H groups in total. The number of halogens is 1. The zero-order valence-electron chi connectivity index (χ0n) is 16.0. The van der Waals surface area contributed by atoms with E-state index in [1.54, 1.807) is 17.7 Å². The quantitative estimate of drug-likeness (QED) is 0.439. The predicted molar refractivity (Wildman–Crippen MR) is 115 cm³/mol. The van der Waals surface area contributed by atoms with E-state index in [1.165, 1.54) is 29.8 Å². The molecule has 0 radical (unpaired) electrons. The molecule has 1 aliphatic carbocycles. The maximum Gasteiger partial charge on any atom is 0.145 e. The fourth-order valence-corrected chi connectivity index (χ4v) is 5.83. The number of benzene rings is 1. The lowest BCUT2D eigenvalue weighted by Gasteiger charge is -2.17. The lowest BCUT2D eigenvalue weighted by Crippen LogP contribution is -2.12. The second-order valence-corrected chi connectivity index (χ2v) is 9.10. The maximum absolute atomic E-state index is 6.59. The third kappa shape index (κ3) is 2.69. The summed E-state index contributed by atoms with van der Waals surface area (Å²) in [6.45, 7) is 0. The molecular formula is C22H19ClN4OS. The molecule has 0 amide bonds. The van der Waals surface area contributed by atoms with Gasteiger partial charge in [0.05, 0.1) is 27.3 Å². The first-order valence-electron chi connectivity index (χ1n) is 9.91. The van der Waals surface area contributed by atoms with E-state index in [-0.39, 0.29) is 6.10 Å². The van der Waals surface area contributed by atoms with Gasteiger partial charge in [-0.15, -0.1) is 11.3 Å². The molecule has 1 atom stereocenters. The minimum atomic E-state index is -0.0396. The molecule has 7 heteroatoms. The summed E-state index contributed by atoms with van der Waals surface area (Å²) in [5.74, 6) is 0.888. The lowest BCUT2D eigenvalue weighted by molar-refractivity contribution is 0.226. The van der Waals surface area contributed by atoms with Gasteiger partial charge >= 0.3 is 0 Å². The van der Waals surface area contributed by atoms with Gasteiger partial charge in [-0.1, -0.05) is 11.6 Å². The Kier molecular flexibility index (Phi) is 3.93. The Balaban J connectivity index is 1.47. The topological polar surface area (TPSA) is 52.8 Å². The molecule has 6 rings (SSSR count). The standard InChI is InChI=1S/C22H19ClN4OS/c1-27-20(14-4-2-3-5-16(14)26-27)18-9-12-8-13(23)10-15(21(12)28-18)19-22-17(6-7-29-22)24-11-25-19/h6-8,10-11,18H,2-5,9H2,1H3/t18-/m1/s1. The molecule has 3 aromatic heterocycles. The van der Waals surface area contributed by atoms with E-state index in [0.717, 1.165) is 52.0 Å². The summed E-state index contributed by atoms with van der Waals surface area (Å²) < 4.78 is 9.67.